The lowest BCUT2D eigenvalue weighted by Gasteiger charge is -2.36. The van der Waals surface area contributed by atoms with Crippen molar-refractivity contribution in [3.8, 4) is 0 Å². The summed E-state index contributed by atoms with van der Waals surface area (Å²) in [6, 6.07) is 6.73. The molecule has 1 aromatic rings. The smallest absolute Gasteiger partial charge is 0.272 e. The molecule has 1 saturated heterocycles. The number of nitro benzene ring substituents is 1. The van der Waals surface area contributed by atoms with E-state index in [1.54, 1.807) is 18.2 Å². The van der Waals surface area contributed by atoms with Gasteiger partial charge in [-0.05, 0) is 27.3 Å². The van der Waals surface area contributed by atoms with Crippen molar-refractivity contribution in [1.82, 2.24) is 9.80 Å². The average molecular weight is 335 g/mol. The molecule has 0 spiro atoms. The Morgan fingerprint density at radius 2 is 1.96 bits per heavy atom. The van der Waals surface area contributed by atoms with Crippen LogP contribution in [-0.2, 0) is 16.0 Å². The number of carbonyl (C=O) groups is 1. The van der Waals surface area contributed by atoms with E-state index in [2.05, 4.69) is 0 Å². The standard InChI is InChI=1S/C17H25N3O4/c1-13-10-19(11-14(2)24-13)17(21)12-18(3)9-8-15-6-4-5-7-16(15)20(22)23/h4-7,13-14H,8-12H2,1-3H3/t13-,14-/m0/s1. The van der Waals surface area contributed by atoms with Gasteiger partial charge in [-0.2, -0.15) is 0 Å². The SMILES string of the molecule is C[C@H]1CN(C(=O)CN(C)CCc2ccccc2[N+](=O)[O-])C[C@H](C)O1. The Balaban J connectivity index is 1.86. The number of carbonyl (C=O) groups excluding carboxylic acids is 1. The predicted octanol–water partition coefficient (Wildman–Crippen LogP) is 1.70. The topological polar surface area (TPSA) is 75.9 Å². The minimum Gasteiger partial charge on any atom is -0.372 e. The van der Waals surface area contributed by atoms with Crippen molar-refractivity contribution in [2.75, 3.05) is 33.2 Å². The maximum absolute atomic E-state index is 12.4. The van der Waals surface area contributed by atoms with Gasteiger partial charge in [0.2, 0.25) is 5.91 Å². The monoisotopic (exact) mass is 335 g/mol. The van der Waals surface area contributed by atoms with Gasteiger partial charge in [-0.3, -0.25) is 19.8 Å². The van der Waals surface area contributed by atoms with Crippen LogP contribution in [0.1, 0.15) is 19.4 Å². The van der Waals surface area contributed by atoms with Crippen LogP contribution >= 0.6 is 0 Å². The molecule has 0 radical (unpaired) electrons. The number of amides is 1. The molecule has 2 rings (SSSR count). The van der Waals surface area contributed by atoms with Crippen molar-refractivity contribution in [3.63, 3.8) is 0 Å². The molecular formula is C17H25N3O4. The first-order valence-electron chi connectivity index (χ1n) is 8.21. The molecule has 2 atom stereocenters. The van der Waals surface area contributed by atoms with E-state index in [4.69, 9.17) is 4.74 Å². The molecule has 0 aliphatic carbocycles. The Hall–Kier alpha value is -1.99. The molecule has 1 heterocycles. The number of benzene rings is 1. The Kier molecular flexibility index (Phi) is 6.28. The lowest BCUT2D eigenvalue weighted by Crippen LogP contribution is -2.50. The second-order valence-electron chi connectivity index (χ2n) is 6.43. The summed E-state index contributed by atoms with van der Waals surface area (Å²) in [6.45, 7) is 6.05. The highest BCUT2D eigenvalue weighted by Crippen LogP contribution is 2.18. The van der Waals surface area contributed by atoms with Gasteiger partial charge >= 0.3 is 0 Å². The lowest BCUT2D eigenvalue weighted by molar-refractivity contribution is -0.385. The molecule has 24 heavy (non-hydrogen) atoms. The van der Waals surface area contributed by atoms with Crippen molar-refractivity contribution in [3.05, 3.63) is 39.9 Å². The highest BCUT2D eigenvalue weighted by atomic mass is 16.6. The maximum Gasteiger partial charge on any atom is 0.272 e. The summed E-state index contributed by atoms with van der Waals surface area (Å²) in [5.41, 5.74) is 0.823. The molecule has 0 unspecified atom stereocenters. The van der Waals surface area contributed by atoms with E-state index in [1.807, 2.05) is 30.7 Å². The zero-order chi connectivity index (χ0) is 17.7. The highest BCUT2D eigenvalue weighted by Gasteiger charge is 2.26. The second kappa shape index (κ2) is 8.21. The molecule has 1 fully saturated rings. The van der Waals surface area contributed by atoms with Crippen LogP contribution in [0.5, 0.6) is 0 Å². The van der Waals surface area contributed by atoms with Crippen LogP contribution in [0.4, 0.5) is 5.69 Å². The van der Waals surface area contributed by atoms with Crippen molar-refractivity contribution in [2.24, 2.45) is 0 Å². The predicted molar refractivity (Wildman–Crippen MR) is 90.9 cm³/mol. The molecule has 0 saturated carbocycles. The molecule has 7 nitrogen and oxygen atoms in total. The Morgan fingerprint density at radius 3 is 2.58 bits per heavy atom. The third-order valence-electron chi connectivity index (χ3n) is 4.13. The van der Waals surface area contributed by atoms with E-state index in [0.717, 1.165) is 0 Å². The first-order chi connectivity index (χ1) is 11.4. The molecule has 0 N–H and O–H groups in total. The zero-order valence-electron chi connectivity index (χ0n) is 14.5. The molecule has 132 valence electrons. The van der Waals surface area contributed by atoms with Gasteiger partial charge in [0.25, 0.3) is 5.69 Å². The quantitative estimate of drug-likeness (QED) is 0.584. The number of nitro groups is 1. The fourth-order valence-corrected chi connectivity index (χ4v) is 3.00. The van der Waals surface area contributed by atoms with Crippen LogP contribution in [-0.4, -0.2) is 66.1 Å². The van der Waals surface area contributed by atoms with Gasteiger partial charge in [-0.15, -0.1) is 0 Å². The number of morpholine rings is 1. The fraction of sp³-hybridized carbons (Fsp3) is 0.588. The van der Waals surface area contributed by atoms with Gasteiger partial charge in [0.05, 0.1) is 23.7 Å². The van der Waals surface area contributed by atoms with Crippen LogP contribution in [0, 0.1) is 10.1 Å². The minimum atomic E-state index is -0.364. The van der Waals surface area contributed by atoms with Gasteiger partial charge in [0.15, 0.2) is 0 Å². The van der Waals surface area contributed by atoms with Crippen LogP contribution in [0.2, 0.25) is 0 Å². The van der Waals surface area contributed by atoms with Gasteiger partial charge in [0.1, 0.15) is 0 Å². The fourth-order valence-electron chi connectivity index (χ4n) is 3.00. The lowest BCUT2D eigenvalue weighted by atomic mass is 10.1. The molecule has 7 heteroatoms. The third-order valence-corrected chi connectivity index (χ3v) is 4.13. The van der Waals surface area contributed by atoms with E-state index >= 15 is 0 Å². The van der Waals surface area contributed by atoms with Crippen LogP contribution in [0.3, 0.4) is 0 Å². The summed E-state index contributed by atoms with van der Waals surface area (Å²) >= 11 is 0. The number of para-hydroxylation sites is 1. The summed E-state index contributed by atoms with van der Waals surface area (Å²) < 4.78 is 5.64. The van der Waals surface area contributed by atoms with E-state index in [0.29, 0.717) is 38.2 Å². The van der Waals surface area contributed by atoms with Crippen molar-refractivity contribution in [1.29, 1.82) is 0 Å². The number of hydrogen-bond donors (Lipinski definition) is 0. The Bertz CT molecular complexity index is 583. The number of hydrogen-bond acceptors (Lipinski definition) is 5. The molecular weight excluding hydrogens is 310 g/mol. The van der Waals surface area contributed by atoms with Gasteiger partial charge in [-0.25, -0.2) is 0 Å². The summed E-state index contributed by atoms with van der Waals surface area (Å²) in [5, 5.41) is 11.0. The summed E-state index contributed by atoms with van der Waals surface area (Å²) in [4.78, 5) is 26.8. The molecule has 1 amide bonds. The third kappa shape index (κ3) is 5.01. The Morgan fingerprint density at radius 1 is 1.33 bits per heavy atom. The molecule has 1 aliphatic heterocycles. The number of likely N-dealkylation sites (N-methyl/N-ethyl adjacent to an activating group) is 1. The molecule has 1 aromatic carbocycles. The van der Waals surface area contributed by atoms with Crippen molar-refractivity contribution in [2.45, 2.75) is 32.5 Å². The second-order valence-corrected chi connectivity index (χ2v) is 6.43. The first-order valence-corrected chi connectivity index (χ1v) is 8.21. The van der Waals surface area contributed by atoms with E-state index in [-0.39, 0.29) is 28.7 Å². The normalized spacial score (nSPS) is 21.1. The van der Waals surface area contributed by atoms with E-state index in [9.17, 15) is 14.9 Å². The van der Waals surface area contributed by atoms with Crippen LogP contribution < -0.4 is 0 Å². The maximum atomic E-state index is 12.4. The molecule has 1 aliphatic rings. The van der Waals surface area contributed by atoms with Gasteiger partial charge < -0.3 is 9.64 Å². The number of rotatable bonds is 6. The zero-order valence-corrected chi connectivity index (χ0v) is 14.5. The summed E-state index contributed by atoms with van der Waals surface area (Å²) in [5.74, 6) is 0.0714. The van der Waals surface area contributed by atoms with Crippen LogP contribution in [0.25, 0.3) is 0 Å². The van der Waals surface area contributed by atoms with E-state index in [1.165, 1.54) is 6.07 Å². The summed E-state index contributed by atoms with van der Waals surface area (Å²) in [7, 11) is 1.86. The average Bonchev–Trinajstić information content (AvgIpc) is 2.52. The first kappa shape index (κ1) is 18.4. The highest BCUT2D eigenvalue weighted by molar-refractivity contribution is 5.78. The largest absolute Gasteiger partial charge is 0.372 e. The van der Waals surface area contributed by atoms with Gasteiger partial charge in [-0.1, -0.05) is 18.2 Å². The number of ether oxygens (including phenoxy) is 1. The van der Waals surface area contributed by atoms with Gasteiger partial charge in [0, 0.05) is 31.3 Å². The molecule has 0 aromatic heterocycles. The van der Waals surface area contributed by atoms with Crippen LogP contribution in [0.15, 0.2) is 24.3 Å². The molecule has 0 bridgehead atoms. The number of nitrogens with zero attached hydrogens (tertiary/aromatic N) is 3. The van der Waals surface area contributed by atoms with Crippen molar-refractivity contribution >= 4 is 11.6 Å². The summed E-state index contributed by atoms with van der Waals surface area (Å²) in [6.07, 6.45) is 0.640. The van der Waals surface area contributed by atoms with E-state index < -0.39 is 0 Å². The Labute approximate surface area is 142 Å². The minimum absolute atomic E-state index is 0.0509. The van der Waals surface area contributed by atoms with Crippen molar-refractivity contribution < 1.29 is 14.5 Å².